The first-order chi connectivity index (χ1) is 6.83. The molecule has 0 spiro atoms. The normalized spacial score (nSPS) is 13.6. The Kier molecular flexibility index (Phi) is 1.43. The maximum atomic E-state index is 4.89. The largest absolute Gasteiger partial charge is 0.244 e. The molecule has 1 aromatic heterocycles. The molecule has 5 heteroatoms. The van der Waals surface area contributed by atoms with E-state index in [0.29, 0.717) is 5.11 Å². The number of nitrogens with zero attached hydrogens (tertiary/aromatic N) is 4. The van der Waals surface area contributed by atoms with Crippen molar-refractivity contribution in [3.05, 3.63) is 35.4 Å². The van der Waals surface area contributed by atoms with E-state index in [9.17, 15) is 0 Å². The van der Waals surface area contributed by atoms with Crippen molar-refractivity contribution in [2.24, 2.45) is 9.98 Å². The monoisotopic (exact) mass is 200 g/mol. The van der Waals surface area contributed by atoms with Crippen molar-refractivity contribution < 1.29 is 0 Å². The van der Waals surface area contributed by atoms with Gasteiger partial charge in [0.05, 0.1) is 16.2 Å². The molecule has 0 fully saturated rings. The van der Waals surface area contributed by atoms with E-state index in [1.807, 2.05) is 12.1 Å². The second-order valence-electron chi connectivity index (χ2n) is 2.93. The van der Waals surface area contributed by atoms with Gasteiger partial charge in [-0.05, 0) is 24.4 Å². The summed E-state index contributed by atoms with van der Waals surface area (Å²) in [5.41, 5.74) is 0.863. The van der Waals surface area contributed by atoms with E-state index in [0.717, 1.165) is 21.6 Å². The minimum atomic E-state index is 0.378. The molecule has 1 aromatic carbocycles. The molecule has 66 valence electrons. The molecule has 0 atom stereocenters. The highest BCUT2D eigenvalue weighted by molar-refractivity contribution is 7.80. The molecule has 0 N–H and O–H groups in total. The van der Waals surface area contributed by atoms with Crippen molar-refractivity contribution in [1.29, 1.82) is 0 Å². The maximum absolute atomic E-state index is 4.89. The fourth-order valence-electron chi connectivity index (χ4n) is 1.42. The Hall–Kier alpha value is -1.75. The lowest BCUT2D eigenvalue weighted by atomic mass is 10.2. The van der Waals surface area contributed by atoms with Gasteiger partial charge in [-0.1, -0.05) is 0 Å². The Morgan fingerprint density at radius 3 is 2.71 bits per heavy atom. The Morgan fingerprint density at radius 1 is 1.07 bits per heavy atom. The van der Waals surface area contributed by atoms with Gasteiger partial charge >= 0.3 is 0 Å². The van der Waals surface area contributed by atoms with E-state index in [4.69, 9.17) is 12.2 Å². The average molecular weight is 200 g/mol. The number of fused-ring (bicyclic) bond motifs is 2. The minimum absolute atomic E-state index is 0.378. The number of benzene rings is 1. The maximum Gasteiger partial charge on any atom is 0.220 e. The summed E-state index contributed by atoms with van der Waals surface area (Å²) in [5, 5.41) is 2.93. The Bertz CT molecular complexity index is 606. The second-order valence-corrected chi connectivity index (χ2v) is 3.29. The number of hydrogen-bond acceptors (Lipinski definition) is 3. The van der Waals surface area contributed by atoms with Gasteiger partial charge in [0.15, 0.2) is 0 Å². The molecule has 0 aliphatic carbocycles. The van der Waals surface area contributed by atoms with Crippen molar-refractivity contribution in [2.75, 3.05) is 0 Å². The van der Waals surface area contributed by atoms with Crippen molar-refractivity contribution in [3.8, 4) is 0 Å². The molecule has 0 bridgehead atoms. The average Bonchev–Trinajstić information content (AvgIpc) is 2.53. The highest BCUT2D eigenvalue weighted by atomic mass is 32.1. The minimum Gasteiger partial charge on any atom is -0.244 e. The van der Waals surface area contributed by atoms with Crippen LogP contribution in [0.1, 0.15) is 0 Å². The van der Waals surface area contributed by atoms with Crippen LogP contribution in [0.3, 0.4) is 0 Å². The molecule has 0 saturated carbocycles. The first kappa shape index (κ1) is 7.64. The molecule has 0 saturated heterocycles. The van der Waals surface area contributed by atoms with Crippen LogP contribution < -0.4 is 10.7 Å². The molecule has 1 aliphatic heterocycles. The summed E-state index contributed by atoms with van der Waals surface area (Å²) < 4.78 is 0. The van der Waals surface area contributed by atoms with E-state index in [1.54, 1.807) is 6.20 Å². The molecule has 14 heavy (non-hydrogen) atoms. The van der Waals surface area contributed by atoms with Crippen LogP contribution >= 0.6 is 12.2 Å². The third-order valence-electron chi connectivity index (χ3n) is 2.03. The fourth-order valence-corrected chi connectivity index (χ4v) is 1.61. The molecule has 2 heterocycles. The van der Waals surface area contributed by atoms with Crippen molar-refractivity contribution >= 4 is 28.2 Å². The predicted octanol–water partition coefficient (Wildman–Crippen LogP) is 0.167. The van der Waals surface area contributed by atoms with Crippen LogP contribution in [0.15, 0.2) is 34.6 Å². The van der Waals surface area contributed by atoms with E-state index >= 15 is 0 Å². The standard InChI is InChI=1S/C9H4N4S/c14-9-12-7-1-5-3-10-4-11-6(5)2-8(7)13-9/h1-4H. The third-order valence-corrected chi connectivity index (χ3v) is 2.22. The summed E-state index contributed by atoms with van der Waals surface area (Å²) in [4.78, 5) is 16.3. The number of thiocarbonyl (C=S) groups is 1. The lowest BCUT2D eigenvalue weighted by molar-refractivity contribution is 1.21. The van der Waals surface area contributed by atoms with Crippen LogP contribution in [-0.2, 0) is 0 Å². The van der Waals surface area contributed by atoms with Gasteiger partial charge in [0.1, 0.15) is 6.33 Å². The smallest absolute Gasteiger partial charge is 0.220 e. The lowest BCUT2D eigenvalue weighted by Crippen LogP contribution is -2.21. The van der Waals surface area contributed by atoms with Gasteiger partial charge in [-0.25, -0.2) is 20.0 Å². The highest BCUT2D eigenvalue weighted by Crippen LogP contribution is 2.03. The van der Waals surface area contributed by atoms with E-state index in [2.05, 4.69) is 20.0 Å². The topological polar surface area (TPSA) is 50.5 Å². The van der Waals surface area contributed by atoms with E-state index in [1.165, 1.54) is 6.33 Å². The van der Waals surface area contributed by atoms with Crippen molar-refractivity contribution in [1.82, 2.24) is 9.97 Å². The van der Waals surface area contributed by atoms with E-state index < -0.39 is 0 Å². The van der Waals surface area contributed by atoms with Gasteiger partial charge in [0, 0.05) is 11.6 Å². The quantitative estimate of drug-likeness (QED) is 0.569. The first-order valence-electron chi connectivity index (χ1n) is 4.04. The van der Waals surface area contributed by atoms with Crippen LogP contribution in [0.4, 0.5) is 0 Å². The summed E-state index contributed by atoms with van der Waals surface area (Å²) in [7, 11) is 0. The molecule has 4 nitrogen and oxygen atoms in total. The van der Waals surface area contributed by atoms with Crippen molar-refractivity contribution in [3.63, 3.8) is 0 Å². The van der Waals surface area contributed by atoms with Gasteiger partial charge in [-0.3, -0.25) is 0 Å². The molecule has 1 aliphatic rings. The Balaban J connectivity index is 2.56. The molecule has 0 unspecified atom stereocenters. The van der Waals surface area contributed by atoms with Crippen LogP contribution in [0.5, 0.6) is 0 Å². The second kappa shape index (κ2) is 2.62. The zero-order valence-corrected chi connectivity index (χ0v) is 7.82. The highest BCUT2D eigenvalue weighted by Gasteiger charge is 2.03. The number of aromatic nitrogens is 2. The van der Waals surface area contributed by atoms with Crippen LogP contribution in [0, 0.1) is 0 Å². The SMILES string of the molecule is S=C1N=c2cc3cncnc3cc2=N1. The van der Waals surface area contributed by atoms with Crippen molar-refractivity contribution in [2.45, 2.75) is 0 Å². The van der Waals surface area contributed by atoms with Gasteiger partial charge in [-0.15, -0.1) is 0 Å². The molecule has 2 aromatic rings. The number of hydrogen-bond donors (Lipinski definition) is 0. The summed E-state index contributed by atoms with van der Waals surface area (Å²) in [6, 6.07) is 3.77. The van der Waals surface area contributed by atoms with Crippen LogP contribution in [-0.4, -0.2) is 15.1 Å². The first-order valence-corrected chi connectivity index (χ1v) is 4.45. The van der Waals surface area contributed by atoms with Crippen LogP contribution in [0.2, 0.25) is 0 Å². The summed E-state index contributed by atoms with van der Waals surface area (Å²) >= 11 is 4.89. The van der Waals surface area contributed by atoms with Gasteiger partial charge in [0.25, 0.3) is 0 Å². The van der Waals surface area contributed by atoms with E-state index in [-0.39, 0.29) is 0 Å². The zero-order chi connectivity index (χ0) is 9.54. The Labute approximate surface area is 84.1 Å². The molecular weight excluding hydrogens is 196 g/mol. The summed E-state index contributed by atoms with van der Waals surface area (Å²) in [6.07, 6.45) is 3.26. The fraction of sp³-hybridized carbons (Fsp3) is 0. The summed E-state index contributed by atoms with van der Waals surface area (Å²) in [6.45, 7) is 0. The van der Waals surface area contributed by atoms with Gasteiger partial charge < -0.3 is 0 Å². The molecule has 0 radical (unpaired) electrons. The van der Waals surface area contributed by atoms with Crippen LogP contribution in [0.25, 0.3) is 10.9 Å². The lowest BCUT2D eigenvalue weighted by Gasteiger charge is -1.92. The predicted molar refractivity (Wildman–Crippen MR) is 54.4 cm³/mol. The molecule has 0 amide bonds. The zero-order valence-electron chi connectivity index (χ0n) is 7.01. The number of rotatable bonds is 0. The summed E-state index contributed by atoms with van der Waals surface area (Å²) in [5.74, 6) is 0. The molecular formula is C9H4N4S. The molecule has 3 rings (SSSR count). The van der Waals surface area contributed by atoms with Gasteiger partial charge in [-0.2, -0.15) is 0 Å². The third kappa shape index (κ3) is 1.03. The Morgan fingerprint density at radius 2 is 1.86 bits per heavy atom. The van der Waals surface area contributed by atoms with Gasteiger partial charge in [0.2, 0.25) is 5.11 Å².